The van der Waals surface area contributed by atoms with E-state index in [0.29, 0.717) is 11.3 Å². The number of alkyl halides is 1. The number of amides is 3. The molecular formula is C19H26ClFN4O3. The summed E-state index contributed by atoms with van der Waals surface area (Å²) in [5.41, 5.74) is 3.72. The molecule has 4 N–H and O–H groups in total. The quantitative estimate of drug-likeness (QED) is 0.670. The number of fused-ring (bicyclic) bond motifs is 2. The highest BCUT2D eigenvalue weighted by molar-refractivity contribution is 6.08. The third-order valence-corrected chi connectivity index (χ3v) is 5.26. The van der Waals surface area contributed by atoms with Crippen LogP contribution < -0.4 is 16.4 Å². The van der Waals surface area contributed by atoms with E-state index in [2.05, 4.69) is 10.6 Å². The molecule has 1 saturated heterocycles. The van der Waals surface area contributed by atoms with Gasteiger partial charge >= 0.3 is 0 Å². The molecule has 2 aliphatic heterocycles. The number of carbonyl (C=O) groups excluding carboxylic acids is 3. The van der Waals surface area contributed by atoms with Gasteiger partial charge in [0, 0.05) is 22.8 Å². The molecule has 9 heteroatoms. The molecular weight excluding hydrogens is 387 g/mol. The fourth-order valence-electron chi connectivity index (χ4n) is 4.01. The number of carbonyl (C=O) groups is 3. The lowest BCUT2D eigenvalue weighted by molar-refractivity contribution is -0.139. The second-order valence-electron chi connectivity index (χ2n) is 7.79. The first kappa shape index (κ1) is 17.9. The van der Waals surface area contributed by atoms with Gasteiger partial charge in [0.1, 0.15) is 11.7 Å². The number of benzene rings is 1. The van der Waals surface area contributed by atoms with Crippen LogP contribution in [0.15, 0.2) is 24.3 Å². The Hall–Kier alpha value is -2.19. The Morgan fingerprint density at radius 2 is 2.18 bits per heavy atom. The Labute approximate surface area is 173 Å². The molecule has 0 radical (unpaired) electrons. The SMILES string of the molecule is Cl.[2H]C([2H])([2H])N[C@@H](CC(C)(C)F)C(=O)N1C[C@]2(C[C@H]1C(N)=O)C(=O)Nc1ccccc12. The summed E-state index contributed by atoms with van der Waals surface area (Å²) >= 11 is 0. The average molecular weight is 416 g/mol. The van der Waals surface area contributed by atoms with Crippen LogP contribution in [0.25, 0.3) is 0 Å². The number of hydrogen-bond donors (Lipinski definition) is 3. The molecule has 3 amide bonds. The summed E-state index contributed by atoms with van der Waals surface area (Å²) in [6.45, 7) is -0.408. The largest absolute Gasteiger partial charge is 0.368 e. The second kappa shape index (κ2) is 7.67. The molecule has 1 fully saturated rings. The lowest BCUT2D eigenvalue weighted by Gasteiger charge is -2.29. The smallest absolute Gasteiger partial charge is 0.240 e. The van der Waals surface area contributed by atoms with E-state index < -0.39 is 48.4 Å². The molecule has 7 nitrogen and oxygen atoms in total. The van der Waals surface area contributed by atoms with E-state index in [9.17, 15) is 18.8 Å². The number of primary amides is 1. The Morgan fingerprint density at radius 1 is 1.50 bits per heavy atom. The van der Waals surface area contributed by atoms with Gasteiger partial charge in [-0.3, -0.25) is 14.4 Å². The van der Waals surface area contributed by atoms with Crippen molar-refractivity contribution >= 4 is 35.8 Å². The zero-order valence-corrected chi connectivity index (χ0v) is 16.4. The number of anilines is 1. The maximum absolute atomic E-state index is 14.3. The van der Waals surface area contributed by atoms with Gasteiger partial charge in [0.05, 0.1) is 11.5 Å². The van der Waals surface area contributed by atoms with Crippen LogP contribution in [-0.2, 0) is 19.8 Å². The molecule has 3 rings (SSSR count). The summed E-state index contributed by atoms with van der Waals surface area (Å²) in [4.78, 5) is 39.4. The monoisotopic (exact) mass is 415 g/mol. The Bertz CT molecular complexity index is 877. The van der Waals surface area contributed by atoms with Crippen LogP contribution >= 0.6 is 12.4 Å². The predicted octanol–water partition coefficient (Wildman–Crippen LogP) is 1.11. The minimum Gasteiger partial charge on any atom is -0.368 e. The number of para-hydroxylation sites is 1. The van der Waals surface area contributed by atoms with E-state index in [-0.39, 0.29) is 31.3 Å². The van der Waals surface area contributed by atoms with Gasteiger partial charge in [-0.25, -0.2) is 4.39 Å². The molecule has 0 aliphatic carbocycles. The highest BCUT2D eigenvalue weighted by Crippen LogP contribution is 2.46. The van der Waals surface area contributed by atoms with Crippen molar-refractivity contribution in [3.05, 3.63) is 29.8 Å². The van der Waals surface area contributed by atoms with E-state index in [0.717, 1.165) is 4.90 Å². The van der Waals surface area contributed by atoms with Crippen LogP contribution in [0.2, 0.25) is 0 Å². The van der Waals surface area contributed by atoms with E-state index >= 15 is 0 Å². The molecule has 154 valence electrons. The van der Waals surface area contributed by atoms with Gasteiger partial charge in [-0.1, -0.05) is 18.2 Å². The number of nitrogens with one attached hydrogen (secondary N) is 2. The van der Waals surface area contributed by atoms with Crippen molar-refractivity contribution in [1.82, 2.24) is 10.2 Å². The van der Waals surface area contributed by atoms with Crippen molar-refractivity contribution in [2.75, 3.05) is 18.8 Å². The maximum Gasteiger partial charge on any atom is 0.240 e. The molecule has 0 saturated carbocycles. The van der Waals surface area contributed by atoms with E-state index in [4.69, 9.17) is 9.85 Å². The topological polar surface area (TPSA) is 105 Å². The summed E-state index contributed by atoms with van der Waals surface area (Å²) < 4.78 is 36.6. The molecule has 1 spiro atoms. The van der Waals surface area contributed by atoms with Gasteiger partial charge in [-0.05, 0) is 38.9 Å². The third kappa shape index (κ3) is 3.71. The summed E-state index contributed by atoms with van der Waals surface area (Å²) in [6, 6.07) is 4.40. The fraction of sp³-hybridized carbons (Fsp3) is 0.526. The lowest BCUT2D eigenvalue weighted by atomic mass is 9.79. The van der Waals surface area contributed by atoms with Crippen molar-refractivity contribution in [1.29, 1.82) is 0 Å². The molecule has 0 bridgehead atoms. The second-order valence-corrected chi connectivity index (χ2v) is 7.79. The highest BCUT2D eigenvalue weighted by atomic mass is 35.5. The predicted molar refractivity (Wildman–Crippen MR) is 106 cm³/mol. The number of halogens is 2. The van der Waals surface area contributed by atoms with E-state index in [1.54, 1.807) is 24.3 Å². The van der Waals surface area contributed by atoms with Crippen molar-refractivity contribution in [3.63, 3.8) is 0 Å². The Balaban J connectivity index is 0.00000341. The Morgan fingerprint density at radius 3 is 2.79 bits per heavy atom. The molecule has 1 aromatic carbocycles. The number of hydrogen-bond acceptors (Lipinski definition) is 4. The average Bonchev–Trinajstić information content (AvgIpc) is 3.12. The van der Waals surface area contributed by atoms with Crippen LogP contribution in [0.1, 0.15) is 36.4 Å². The zero-order chi connectivity index (χ0) is 22.5. The lowest BCUT2D eigenvalue weighted by Crippen LogP contribution is -2.52. The number of rotatable bonds is 5. The van der Waals surface area contributed by atoms with Crippen molar-refractivity contribution in [2.45, 2.75) is 49.9 Å². The van der Waals surface area contributed by atoms with Crippen molar-refractivity contribution < 1.29 is 22.9 Å². The zero-order valence-electron chi connectivity index (χ0n) is 18.6. The molecule has 1 aromatic rings. The minimum atomic E-state index is -2.71. The summed E-state index contributed by atoms with van der Waals surface area (Å²) in [5, 5.41) is 4.93. The number of likely N-dealkylation sites (tertiary alicyclic amines) is 1. The van der Waals surface area contributed by atoms with Crippen LogP contribution in [0.4, 0.5) is 10.1 Å². The highest BCUT2D eigenvalue weighted by Gasteiger charge is 2.57. The van der Waals surface area contributed by atoms with Gasteiger partial charge < -0.3 is 21.3 Å². The molecule has 28 heavy (non-hydrogen) atoms. The molecule has 2 heterocycles. The minimum absolute atomic E-state index is 0. The first-order valence-corrected chi connectivity index (χ1v) is 8.71. The van der Waals surface area contributed by atoms with Crippen LogP contribution in [0.3, 0.4) is 0 Å². The number of nitrogens with zero attached hydrogens (tertiary/aromatic N) is 1. The van der Waals surface area contributed by atoms with Crippen LogP contribution in [-0.4, -0.2) is 53.9 Å². The summed E-state index contributed by atoms with van der Waals surface area (Å²) in [6.07, 6.45) is -0.460. The summed E-state index contributed by atoms with van der Waals surface area (Å²) in [7, 11) is 0. The van der Waals surface area contributed by atoms with Gasteiger partial charge in [0.2, 0.25) is 17.7 Å². The molecule has 0 unspecified atom stereocenters. The first-order chi connectivity index (χ1) is 13.7. The van der Waals surface area contributed by atoms with Crippen molar-refractivity contribution in [2.24, 2.45) is 5.73 Å². The van der Waals surface area contributed by atoms with Crippen LogP contribution in [0, 0.1) is 0 Å². The van der Waals surface area contributed by atoms with E-state index in [1.807, 2.05) is 0 Å². The fourth-order valence-corrected chi connectivity index (χ4v) is 4.01. The number of nitrogens with two attached hydrogens (primary N) is 1. The van der Waals surface area contributed by atoms with Gasteiger partial charge in [0.25, 0.3) is 0 Å². The molecule has 2 aliphatic rings. The molecule has 0 aromatic heterocycles. The van der Waals surface area contributed by atoms with Gasteiger partial charge in [-0.15, -0.1) is 12.4 Å². The van der Waals surface area contributed by atoms with Crippen molar-refractivity contribution in [3.8, 4) is 0 Å². The van der Waals surface area contributed by atoms with Gasteiger partial charge in [0.15, 0.2) is 0 Å². The summed E-state index contributed by atoms with van der Waals surface area (Å²) in [5.74, 6) is -1.96. The van der Waals surface area contributed by atoms with Gasteiger partial charge in [-0.2, -0.15) is 0 Å². The molecule has 3 atom stereocenters. The third-order valence-electron chi connectivity index (χ3n) is 5.26. The number of likely N-dealkylation sites (N-methyl/N-ethyl adjacent to an activating group) is 1. The normalized spacial score (nSPS) is 26.5. The first-order valence-electron chi connectivity index (χ1n) is 10.2. The standard InChI is InChI=1S/C19H25FN4O3.ClH/c1-18(2,20)8-13(22-3)16(26)24-10-19(9-14(24)15(21)25)11-6-4-5-7-12(11)23-17(19)27;/h4-7,13-14,22H,8-10H2,1-3H3,(H2,21,25)(H,23,27);1H/t13-,14-,19-;/m0./s1/i3D3;. The Kier molecular flexibility index (Phi) is 4.90. The van der Waals surface area contributed by atoms with E-state index in [1.165, 1.54) is 13.8 Å². The van der Waals surface area contributed by atoms with Crippen LogP contribution in [0.5, 0.6) is 0 Å². The maximum atomic E-state index is 14.3.